The van der Waals surface area contributed by atoms with Crippen LogP contribution in [0.5, 0.6) is 0 Å². The van der Waals surface area contributed by atoms with Gasteiger partial charge in [-0.2, -0.15) is 0 Å². The van der Waals surface area contributed by atoms with E-state index in [1.807, 2.05) is 0 Å². The van der Waals surface area contributed by atoms with Gasteiger partial charge in [0, 0.05) is 6.04 Å². The standard InChI is InChI=1S/C10H19N/c1-2-11-9-7-10(8-9)5-3-4-6-10/h9,11H,2-8H2,1H3. The summed E-state index contributed by atoms with van der Waals surface area (Å²) in [4.78, 5) is 0. The molecule has 2 rings (SSSR count). The highest BCUT2D eigenvalue weighted by Gasteiger charge is 2.44. The second-order valence-corrected chi connectivity index (χ2v) is 4.37. The molecular weight excluding hydrogens is 134 g/mol. The van der Waals surface area contributed by atoms with Gasteiger partial charge in [0.1, 0.15) is 0 Å². The number of hydrogen-bond acceptors (Lipinski definition) is 1. The lowest BCUT2D eigenvalue weighted by atomic mass is 9.64. The van der Waals surface area contributed by atoms with Gasteiger partial charge in [-0.3, -0.25) is 0 Å². The van der Waals surface area contributed by atoms with E-state index >= 15 is 0 Å². The van der Waals surface area contributed by atoms with Crippen molar-refractivity contribution in [3.05, 3.63) is 0 Å². The molecule has 0 heterocycles. The molecule has 1 N–H and O–H groups in total. The normalized spacial score (nSPS) is 29.2. The molecule has 0 radical (unpaired) electrons. The maximum Gasteiger partial charge on any atom is 0.00775 e. The van der Waals surface area contributed by atoms with Crippen LogP contribution in [0.15, 0.2) is 0 Å². The summed E-state index contributed by atoms with van der Waals surface area (Å²) in [5.41, 5.74) is 0.826. The summed E-state index contributed by atoms with van der Waals surface area (Å²) in [6.45, 7) is 3.36. The van der Waals surface area contributed by atoms with E-state index in [1.54, 1.807) is 0 Å². The lowest BCUT2D eigenvalue weighted by molar-refractivity contribution is 0.0913. The van der Waals surface area contributed by atoms with Gasteiger partial charge in [0.15, 0.2) is 0 Å². The first-order valence-electron chi connectivity index (χ1n) is 5.08. The van der Waals surface area contributed by atoms with E-state index < -0.39 is 0 Å². The van der Waals surface area contributed by atoms with Gasteiger partial charge >= 0.3 is 0 Å². The Hall–Kier alpha value is -0.0400. The molecule has 64 valence electrons. The van der Waals surface area contributed by atoms with Gasteiger partial charge in [0.05, 0.1) is 0 Å². The number of nitrogens with one attached hydrogen (secondary N) is 1. The van der Waals surface area contributed by atoms with E-state index in [1.165, 1.54) is 38.5 Å². The maximum atomic E-state index is 3.53. The highest BCUT2D eigenvalue weighted by atomic mass is 14.9. The highest BCUT2D eigenvalue weighted by Crippen LogP contribution is 2.52. The highest BCUT2D eigenvalue weighted by molar-refractivity contribution is 4.99. The van der Waals surface area contributed by atoms with Crippen molar-refractivity contribution in [3.63, 3.8) is 0 Å². The van der Waals surface area contributed by atoms with Crippen molar-refractivity contribution in [1.82, 2.24) is 5.32 Å². The van der Waals surface area contributed by atoms with Crippen molar-refractivity contribution < 1.29 is 0 Å². The van der Waals surface area contributed by atoms with Crippen LogP contribution >= 0.6 is 0 Å². The summed E-state index contributed by atoms with van der Waals surface area (Å²) in [5, 5.41) is 3.53. The van der Waals surface area contributed by atoms with Gasteiger partial charge in [-0.15, -0.1) is 0 Å². The van der Waals surface area contributed by atoms with E-state index in [9.17, 15) is 0 Å². The van der Waals surface area contributed by atoms with Crippen molar-refractivity contribution in [1.29, 1.82) is 0 Å². The second-order valence-electron chi connectivity index (χ2n) is 4.37. The minimum atomic E-state index is 0.826. The number of hydrogen-bond donors (Lipinski definition) is 1. The molecule has 2 saturated carbocycles. The van der Waals surface area contributed by atoms with Crippen molar-refractivity contribution >= 4 is 0 Å². The van der Waals surface area contributed by atoms with Gasteiger partial charge in [0.2, 0.25) is 0 Å². The molecule has 1 spiro atoms. The summed E-state index contributed by atoms with van der Waals surface area (Å²) in [6, 6.07) is 0.873. The molecule has 0 aromatic rings. The van der Waals surface area contributed by atoms with Crippen LogP contribution < -0.4 is 5.32 Å². The quantitative estimate of drug-likeness (QED) is 0.642. The first-order chi connectivity index (χ1) is 5.35. The zero-order valence-corrected chi connectivity index (χ0v) is 7.53. The Balaban J connectivity index is 1.77. The molecule has 1 heteroatoms. The summed E-state index contributed by atoms with van der Waals surface area (Å²) in [7, 11) is 0. The zero-order valence-electron chi connectivity index (χ0n) is 7.53. The molecule has 0 atom stereocenters. The molecule has 0 aliphatic heterocycles. The Bertz CT molecular complexity index is 128. The van der Waals surface area contributed by atoms with Crippen molar-refractivity contribution in [2.24, 2.45) is 5.41 Å². The topological polar surface area (TPSA) is 12.0 Å². The van der Waals surface area contributed by atoms with Gasteiger partial charge in [0.25, 0.3) is 0 Å². The van der Waals surface area contributed by atoms with Crippen LogP contribution in [-0.4, -0.2) is 12.6 Å². The molecule has 0 amide bonds. The molecule has 2 fully saturated rings. The molecular formula is C10H19N. The predicted octanol–water partition coefficient (Wildman–Crippen LogP) is 2.32. The Kier molecular flexibility index (Phi) is 1.92. The molecule has 0 aromatic heterocycles. The smallest absolute Gasteiger partial charge is 0.00775 e. The fourth-order valence-corrected chi connectivity index (χ4v) is 2.95. The summed E-state index contributed by atoms with van der Waals surface area (Å²) in [6.07, 6.45) is 8.99. The van der Waals surface area contributed by atoms with E-state index in [2.05, 4.69) is 12.2 Å². The first-order valence-corrected chi connectivity index (χ1v) is 5.08. The van der Waals surface area contributed by atoms with Gasteiger partial charge in [-0.05, 0) is 37.6 Å². The third-order valence-corrected chi connectivity index (χ3v) is 3.52. The molecule has 2 aliphatic carbocycles. The van der Waals surface area contributed by atoms with Gasteiger partial charge in [-0.25, -0.2) is 0 Å². The van der Waals surface area contributed by atoms with E-state index in [4.69, 9.17) is 0 Å². The van der Waals surface area contributed by atoms with Crippen LogP contribution in [0, 0.1) is 5.41 Å². The van der Waals surface area contributed by atoms with Crippen LogP contribution in [0.2, 0.25) is 0 Å². The zero-order chi connectivity index (χ0) is 7.73. The van der Waals surface area contributed by atoms with Gasteiger partial charge < -0.3 is 5.32 Å². The Morgan fingerprint density at radius 2 is 1.91 bits per heavy atom. The van der Waals surface area contributed by atoms with Crippen LogP contribution in [-0.2, 0) is 0 Å². The van der Waals surface area contributed by atoms with Crippen molar-refractivity contribution in [2.45, 2.75) is 51.5 Å². The Morgan fingerprint density at radius 1 is 1.27 bits per heavy atom. The van der Waals surface area contributed by atoms with E-state index in [0.717, 1.165) is 18.0 Å². The molecule has 0 unspecified atom stereocenters. The van der Waals surface area contributed by atoms with Crippen molar-refractivity contribution in [3.8, 4) is 0 Å². The fourth-order valence-electron chi connectivity index (χ4n) is 2.95. The summed E-state index contributed by atoms with van der Waals surface area (Å²) in [5.74, 6) is 0. The third kappa shape index (κ3) is 1.31. The Labute approximate surface area is 69.6 Å². The van der Waals surface area contributed by atoms with Crippen LogP contribution in [0.1, 0.15) is 45.4 Å². The van der Waals surface area contributed by atoms with Gasteiger partial charge in [-0.1, -0.05) is 19.8 Å². The molecule has 11 heavy (non-hydrogen) atoms. The van der Waals surface area contributed by atoms with E-state index in [-0.39, 0.29) is 0 Å². The maximum absolute atomic E-state index is 3.53. The van der Waals surface area contributed by atoms with Crippen LogP contribution in [0.25, 0.3) is 0 Å². The SMILES string of the molecule is CCNC1CC2(CCCC2)C1. The molecule has 1 nitrogen and oxygen atoms in total. The average molecular weight is 153 g/mol. The van der Waals surface area contributed by atoms with Crippen LogP contribution in [0.3, 0.4) is 0 Å². The lowest BCUT2D eigenvalue weighted by Crippen LogP contribution is -2.47. The predicted molar refractivity (Wildman–Crippen MR) is 47.6 cm³/mol. The molecule has 0 bridgehead atoms. The molecule has 0 saturated heterocycles. The van der Waals surface area contributed by atoms with Crippen molar-refractivity contribution in [2.75, 3.05) is 6.54 Å². The minimum Gasteiger partial charge on any atom is -0.314 e. The first kappa shape index (κ1) is 7.60. The Morgan fingerprint density at radius 3 is 2.45 bits per heavy atom. The lowest BCUT2D eigenvalue weighted by Gasteiger charge is -2.45. The summed E-state index contributed by atoms with van der Waals surface area (Å²) < 4.78 is 0. The minimum absolute atomic E-state index is 0.826. The fraction of sp³-hybridized carbons (Fsp3) is 1.00. The second kappa shape index (κ2) is 2.78. The summed E-state index contributed by atoms with van der Waals surface area (Å²) >= 11 is 0. The monoisotopic (exact) mass is 153 g/mol. The molecule has 2 aliphatic rings. The largest absolute Gasteiger partial charge is 0.314 e. The van der Waals surface area contributed by atoms with E-state index in [0.29, 0.717) is 0 Å². The van der Waals surface area contributed by atoms with Crippen LogP contribution in [0.4, 0.5) is 0 Å². The average Bonchev–Trinajstić information content (AvgIpc) is 2.35. The molecule has 0 aromatic carbocycles. The number of rotatable bonds is 2. The third-order valence-electron chi connectivity index (χ3n) is 3.52.